The van der Waals surface area contributed by atoms with Crippen molar-refractivity contribution in [3.63, 3.8) is 0 Å². The zero-order valence-electron chi connectivity index (χ0n) is 19.7. The first kappa shape index (κ1) is 22.5. The second-order valence-electron chi connectivity index (χ2n) is 8.49. The highest BCUT2D eigenvalue weighted by Gasteiger charge is 2.09. The maximum atomic E-state index is 6.21. The van der Waals surface area contributed by atoms with Crippen molar-refractivity contribution >= 4 is 0 Å². The molecule has 4 heteroatoms. The van der Waals surface area contributed by atoms with E-state index in [0.717, 1.165) is 42.9 Å². The smallest absolute Gasteiger partial charge is 0.171 e. The summed E-state index contributed by atoms with van der Waals surface area (Å²) in [6, 6.07) is 23.1. The van der Waals surface area contributed by atoms with E-state index in [2.05, 4.69) is 96.5 Å². The summed E-state index contributed by atoms with van der Waals surface area (Å²) < 4.78 is 15.9. The molecule has 2 aromatic heterocycles. The van der Waals surface area contributed by atoms with E-state index in [-0.39, 0.29) is 0 Å². The number of nitrogens with zero attached hydrogens (tertiary/aromatic N) is 2. The van der Waals surface area contributed by atoms with Gasteiger partial charge >= 0.3 is 0 Å². The van der Waals surface area contributed by atoms with Crippen LogP contribution in [0.15, 0.2) is 91.5 Å². The van der Waals surface area contributed by atoms with Gasteiger partial charge in [0.05, 0.1) is 7.11 Å². The molecule has 0 unspecified atom stereocenters. The summed E-state index contributed by atoms with van der Waals surface area (Å²) in [6.07, 6.45) is 12.4. The summed E-state index contributed by atoms with van der Waals surface area (Å²) in [5.41, 5.74) is 5.18. The van der Waals surface area contributed by atoms with E-state index >= 15 is 0 Å². The Bertz CT molecular complexity index is 1200. The molecule has 4 aromatic rings. The predicted molar refractivity (Wildman–Crippen MR) is 130 cm³/mol. The molecular formula is C29H32N2O2+2. The molecule has 0 atom stereocenters. The van der Waals surface area contributed by atoms with Crippen LogP contribution in [0.4, 0.5) is 0 Å². The minimum Gasteiger partial charge on any atom is -0.493 e. The maximum absolute atomic E-state index is 6.21. The fourth-order valence-electron chi connectivity index (χ4n) is 3.98. The van der Waals surface area contributed by atoms with Gasteiger partial charge in [0.25, 0.3) is 0 Å². The van der Waals surface area contributed by atoms with E-state index in [0.29, 0.717) is 0 Å². The highest BCUT2D eigenvalue weighted by atomic mass is 16.5. The van der Waals surface area contributed by atoms with Crippen molar-refractivity contribution in [3.05, 3.63) is 114 Å². The predicted octanol–water partition coefficient (Wildman–Crippen LogP) is 4.71. The normalized spacial score (nSPS) is 10.8. The van der Waals surface area contributed by atoms with Crippen molar-refractivity contribution < 1.29 is 18.6 Å². The second kappa shape index (κ2) is 10.8. The highest BCUT2D eigenvalue weighted by Crippen LogP contribution is 2.33. The lowest BCUT2D eigenvalue weighted by Crippen LogP contribution is -2.26. The Balaban J connectivity index is 1.40. The van der Waals surface area contributed by atoms with E-state index in [1.165, 1.54) is 22.3 Å². The molecule has 4 nitrogen and oxygen atoms in total. The zero-order chi connectivity index (χ0) is 23.0. The molecule has 33 heavy (non-hydrogen) atoms. The lowest BCUT2D eigenvalue weighted by molar-refractivity contribution is -0.672. The van der Waals surface area contributed by atoms with Crippen LogP contribution in [0.25, 0.3) is 0 Å². The van der Waals surface area contributed by atoms with E-state index in [1.807, 2.05) is 18.2 Å². The summed E-state index contributed by atoms with van der Waals surface area (Å²) in [5, 5.41) is 0. The molecule has 0 aliphatic carbocycles. The van der Waals surface area contributed by atoms with Crippen molar-refractivity contribution in [1.29, 1.82) is 0 Å². The Morgan fingerprint density at radius 1 is 0.606 bits per heavy atom. The van der Waals surface area contributed by atoms with Gasteiger partial charge in [-0.25, -0.2) is 9.13 Å². The lowest BCUT2D eigenvalue weighted by atomic mass is 10.0. The zero-order valence-corrected chi connectivity index (χ0v) is 19.7. The van der Waals surface area contributed by atoms with Gasteiger partial charge in [-0.2, -0.15) is 0 Å². The topological polar surface area (TPSA) is 26.2 Å². The van der Waals surface area contributed by atoms with Gasteiger partial charge in [0, 0.05) is 23.3 Å². The summed E-state index contributed by atoms with van der Waals surface area (Å²) in [7, 11) is 5.79. The minimum absolute atomic E-state index is 0.742. The van der Waals surface area contributed by atoms with Crippen LogP contribution in [0, 0.1) is 0 Å². The molecule has 0 radical (unpaired) electrons. The lowest BCUT2D eigenvalue weighted by Gasteiger charge is -2.13. The van der Waals surface area contributed by atoms with Crippen LogP contribution in [0.1, 0.15) is 22.3 Å². The van der Waals surface area contributed by atoms with Gasteiger partial charge in [-0.1, -0.05) is 18.2 Å². The molecule has 0 aliphatic rings. The standard InChI is InChI=1S/C29H32N2O2/c1-30-18-4-6-25(21-30)10-8-23-12-15-27(16-13-23)33-29-20-24(14-17-28(29)32-3)9-11-26-7-5-19-31(2)22-26/h4-7,12-22H,8-11H2,1-3H3/q+2. The van der Waals surface area contributed by atoms with Crippen molar-refractivity contribution in [2.75, 3.05) is 7.11 Å². The number of methoxy groups -OCH3 is 1. The molecular weight excluding hydrogens is 408 g/mol. The quantitative estimate of drug-likeness (QED) is 0.353. The summed E-state index contributed by atoms with van der Waals surface area (Å²) in [5.74, 6) is 2.31. The molecule has 2 heterocycles. The Morgan fingerprint density at radius 3 is 1.73 bits per heavy atom. The molecule has 0 N–H and O–H groups in total. The Labute approximate surface area is 196 Å². The first-order chi connectivity index (χ1) is 16.1. The van der Waals surface area contributed by atoms with Gasteiger partial charge in [0.1, 0.15) is 19.8 Å². The number of ether oxygens (including phenoxy) is 2. The first-order valence-electron chi connectivity index (χ1n) is 11.4. The van der Waals surface area contributed by atoms with Gasteiger partial charge in [-0.3, -0.25) is 0 Å². The van der Waals surface area contributed by atoms with Crippen molar-refractivity contribution in [3.8, 4) is 17.2 Å². The maximum Gasteiger partial charge on any atom is 0.171 e. The van der Waals surface area contributed by atoms with Gasteiger partial charge in [0.15, 0.2) is 36.3 Å². The molecule has 0 bridgehead atoms. The third-order valence-electron chi connectivity index (χ3n) is 5.79. The van der Waals surface area contributed by atoms with Gasteiger partial charge in [0.2, 0.25) is 0 Å². The minimum atomic E-state index is 0.742. The summed E-state index contributed by atoms with van der Waals surface area (Å²) in [6.45, 7) is 0. The molecule has 0 spiro atoms. The van der Waals surface area contributed by atoms with Crippen molar-refractivity contribution in [2.45, 2.75) is 25.7 Å². The first-order valence-corrected chi connectivity index (χ1v) is 11.4. The number of aromatic nitrogens is 2. The van der Waals surface area contributed by atoms with E-state index < -0.39 is 0 Å². The fraction of sp³-hybridized carbons (Fsp3) is 0.241. The monoisotopic (exact) mass is 440 g/mol. The van der Waals surface area contributed by atoms with Crippen molar-refractivity contribution in [1.82, 2.24) is 0 Å². The molecule has 0 aliphatic heterocycles. The van der Waals surface area contributed by atoms with E-state index in [9.17, 15) is 0 Å². The fourth-order valence-corrected chi connectivity index (χ4v) is 3.98. The summed E-state index contributed by atoms with van der Waals surface area (Å²) in [4.78, 5) is 0. The van der Waals surface area contributed by atoms with Crippen LogP contribution >= 0.6 is 0 Å². The molecule has 2 aromatic carbocycles. The number of hydrogen-bond acceptors (Lipinski definition) is 2. The Kier molecular flexibility index (Phi) is 7.36. The molecule has 0 amide bonds. The van der Waals surface area contributed by atoms with E-state index in [1.54, 1.807) is 7.11 Å². The average Bonchev–Trinajstić information content (AvgIpc) is 2.83. The van der Waals surface area contributed by atoms with Gasteiger partial charge in [-0.05, 0) is 73.2 Å². The number of aryl methyl sites for hydroxylation is 6. The van der Waals surface area contributed by atoms with Crippen molar-refractivity contribution in [2.24, 2.45) is 14.1 Å². The van der Waals surface area contributed by atoms with Crippen LogP contribution < -0.4 is 18.6 Å². The van der Waals surface area contributed by atoms with Crippen LogP contribution in [0.3, 0.4) is 0 Å². The Hall–Kier alpha value is -3.66. The molecule has 168 valence electrons. The van der Waals surface area contributed by atoms with Crippen LogP contribution in [0.5, 0.6) is 17.2 Å². The molecule has 0 fully saturated rings. The number of pyridine rings is 2. The number of rotatable bonds is 9. The average molecular weight is 441 g/mol. The van der Waals surface area contributed by atoms with E-state index in [4.69, 9.17) is 9.47 Å². The molecule has 4 rings (SSSR count). The largest absolute Gasteiger partial charge is 0.493 e. The third kappa shape index (κ3) is 6.42. The SMILES string of the molecule is COc1ccc(CCc2ccc[n+](C)c2)cc1Oc1ccc(CCc2ccc[n+](C)c2)cc1. The molecule has 0 saturated carbocycles. The van der Waals surface area contributed by atoms with Gasteiger partial charge in [-0.15, -0.1) is 0 Å². The van der Waals surface area contributed by atoms with Crippen LogP contribution in [0.2, 0.25) is 0 Å². The molecule has 0 saturated heterocycles. The van der Waals surface area contributed by atoms with Crippen LogP contribution in [-0.4, -0.2) is 7.11 Å². The highest BCUT2D eigenvalue weighted by molar-refractivity contribution is 5.46. The number of benzene rings is 2. The summed E-state index contributed by atoms with van der Waals surface area (Å²) >= 11 is 0. The third-order valence-corrected chi connectivity index (χ3v) is 5.79. The second-order valence-corrected chi connectivity index (χ2v) is 8.49. The Morgan fingerprint density at radius 2 is 1.15 bits per heavy atom. The number of hydrogen-bond donors (Lipinski definition) is 0. The van der Waals surface area contributed by atoms with Gasteiger partial charge < -0.3 is 9.47 Å². The van der Waals surface area contributed by atoms with Crippen LogP contribution in [-0.2, 0) is 39.8 Å².